The number of carbonyl (C=O) groups is 1. The summed E-state index contributed by atoms with van der Waals surface area (Å²) in [7, 11) is 1.72. The summed E-state index contributed by atoms with van der Waals surface area (Å²) in [5, 5.41) is 0. The highest BCUT2D eigenvalue weighted by Crippen LogP contribution is 2.45. The van der Waals surface area contributed by atoms with E-state index in [1.54, 1.807) is 7.11 Å². The Hall–Kier alpha value is -3.41. The maximum absolute atomic E-state index is 14.6. The molecule has 0 unspecified atom stereocenters. The molecule has 5 aliphatic heterocycles. The molecule has 2 aromatic rings. The zero-order valence-corrected chi connectivity index (χ0v) is 27.0. The Kier molecular flexibility index (Phi) is 8.35. The molecule has 0 aromatic carbocycles. The number of piperidine rings is 1. The molecule has 46 heavy (non-hydrogen) atoms. The summed E-state index contributed by atoms with van der Waals surface area (Å²) < 4.78 is 40.7. The number of ether oxygens (including phenoxy) is 2. The number of halogens is 2. The number of pyridine rings is 2. The van der Waals surface area contributed by atoms with Gasteiger partial charge in [-0.05, 0) is 62.3 Å². The van der Waals surface area contributed by atoms with Crippen molar-refractivity contribution in [3.05, 3.63) is 65.1 Å². The van der Waals surface area contributed by atoms with Gasteiger partial charge in [-0.15, -0.1) is 0 Å². The Morgan fingerprint density at radius 2 is 1.96 bits per heavy atom. The highest BCUT2D eigenvalue weighted by molar-refractivity contribution is 5.87. The average molecular weight is 635 g/mol. The molecule has 0 saturated carbocycles. The predicted molar refractivity (Wildman–Crippen MR) is 173 cm³/mol. The number of methoxy groups -OCH3 is 1. The summed E-state index contributed by atoms with van der Waals surface area (Å²) in [5.74, 6) is 0.864. The number of anilines is 2. The second-order valence-electron chi connectivity index (χ2n) is 13.4. The molecule has 4 saturated heterocycles. The molecule has 5 aliphatic rings. The Labute approximate surface area is 269 Å². The van der Waals surface area contributed by atoms with E-state index in [4.69, 9.17) is 14.5 Å². The third-order valence-corrected chi connectivity index (χ3v) is 11.0. The molecule has 2 aromatic heterocycles. The van der Waals surface area contributed by atoms with Crippen LogP contribution in [0.15, 0.2) is 37.1 Å². The number of carbonyl (C=O) groups excluding carboxylic acids is 1. The van der Waals surface area contributed by atoms with Crippen LogP contribution in [0.4, 0.5) is 20.3 Å². The number of nitrogens with zero attached hydrogens (tertiary/aromatic N) is 6. The third-order valence-electron chi connectivity index (χ3n) is 11.0. The quantitative estimate of drug-likeness (QED) is 0.407. The predicted octanol–water partition coefficient (Wildman–Crippen LogP) is 4.67. The Morgan fingerprint density at radius 1 is 1.17 bits per heavy atom. The van der Waals surface area contributed by atoms with E-state index in [1.807, 2.05) is 29.3 Å². The molecule has 7 rings (SSSR count). The minimum Gasteiger partial charge on any atom is -0.374 e. The first-order valence-electron chi connectivity index (χ1n) is 16.5. The number of piperazine rings is 1. The summed E-state index contributed by atoms with van der Waals surface area (Å²) in [5.41, 5.74) is 4.12. The van der Waals surface area contributed by atoms with Crippen molar-refractivity contribution < 1.29 is 23.0 Å². The fraction of sp³-hybridized carbons (Fsp3) is 0.571. The second kappa shape index (κ2) is 12.3. The van der Waals surface area contributed by atoms with Gasteiger partial charge in [0.2, 0.25) is 5.91 Å². The van der Waals surface area contributed by atoms with Crippen LogP contribution < -0.4 is 9.80 Å². The lowest BCUT2D eigenvalue weighted by Gasteiger charge is -2.55. The molecular formula is C35H44F2N6O3. The topological polar surface area (TPSA) is 74.3 Å². The van der Waals surface area contributed by atoms with Gasteiger partial charge in [0, 0.05) is 82.3 Å². The van der Waals surface area contributed by atoms with Gasteiger partial charge in [0.25, 0.3) is 6.43 Å². The highest BCUT2D eigenvalue weighted by atomic mass is 19.3. The Balaban J connectivity index is 1.12. The summed E-state index contributed by atoms with van der Waals surface area (Å²) in [4.78, 5) is 30.3. The number of aromatic nitrogens is 2. The number of rotatable bonds is 7. The van der Waals surface area contributed by atoms with Gasteiger partial charge in [-0.3, -0.25) is 14.7 Å². The van der Waals surface area contributed by atoms with Gasteiger partial charge in [-0.1, -0.05) is 18.7 Å². The smallest absolute Gasteiger partial charge is 0.281 e. The van der Waals surface area contributed by atoms with E-state index in [0.29, 0.717) is 50.3 Å². The second-order valence-corrected chi connectivity index (χ2v) is 13.4. The van der Waals surface area contributed by atoms with Crippen molar-refractivity contribution in [1.29, 1.82) is 0 Å². The van der Waals surface area contributed by atoms with Gasteiger partial charge in [0.05, 0.1) is 24.6 Å². The zero-order valence-electron chi connectivity index (χ0n) is 27.0. The van der Waals surface area contributed by atoms with Gasteiger partial charge in [-0.2, -0.15) is 0 Å². The van der Waals surface area contributed by atoms with Crippen molar-refractivity contribution in [3.8, 4) is 0 Å². The summed E-state index contributed by atoms with van der Waals surface area (Å²) in [6.45, 7) is 13.4. The van der Waals surface area contributed by atoms with Gasteiger partial charge >= 0.3 is 0 Å². The largest absolute Gasteiger partial charge is 0.374 e. The van der Waals surface area contributed by atoms with Gasteiger partial charge in [0.15, 0.2) is 5.60 Å². The molecule has 11 heteroatoms. The van der Waals surface area contributed by atoms with Crippen LogP contribution in [-0.4, -0.2) is 103 Å². The highest BCUT2D eigenvalue weighted by Gasteiger charge is 2.47. The van der Waals surface area contributed by atoms with E-state index < -0.39 is 12.0 Å². The molecule has 0 N–H and O–H groups in total. The first kappa shape index (κ1) is 31.2. The van der Waals surface area contributed by atoms with Crippen molar-refractivity contribution in [1.82, 2.24) is 19.8 Å². The van der Waals surface area contributed by atoms with Crippen LogP contribution in [0.25, 0.3) is 6.08 Å². The number of hydrogen-bond acceptors (Lipinski definition) is 8. The average Bonchev–Trinajstić information content (AvgIpc) is 3.16. The minimum atomic E-state index is -2.68. The van der Waals surface area contributed by atoms with E-state index in [9.17, 15) is 13.6 Å². The maximum atomic E-state index is 14.6. The number of hydrogen-bond donors (Lipinski definition) is 0. The van der Waals surface area contributed by atoms with Crippen LogP contribution in [0.5, 0.6) is 0 Å². The SMILES string of the molecule is C=CC(=O)N1CCN([C@@H]2CN3c4cc(N5CC[C@H](c6c(C)ccnc6C6(OC)COC6)C[C@H]5C)nc(C(F)F)c4C=CC[C@@H]23)CC1. The lowest BCUT2D eigenvalue weighted by molar-refractivity contribution is -0.205. The molecule has 0 bridgehead atoms. The monoisotopic (exact) mass is 634 g/mol. The standard InChI is InChI=1S/C35H44F2N6O3/c1-5-30(44)41-15-13-40(14-16-41)28-19-43-26(28)8-6-7-25-27(43)18-29(39-32(25)34(36)37)42-12-10-24(17-23(42)3)31-22(2)9-11-38-33(31)35(45-4)20-46-21-35/h5-7,9,11,18,23-24,26,28,34H,1,8,10,12-17,19-21H2,2-4H3/t23-,24+,26+,28-/m1/s1. The van der Waals surface area contributed by atoms with E-state index in [2.05, 4.69) is 46.2 Å². The van der Waals surface area contributed by atoms with Crippen LogP contribution in [0.3, 0.4) is 0 Å². The fourth-order valence-corrected chi connectivity index (χ4v) is 8.31. The van der Waals surface area contributed by atoms with Gasteiger partial charge in [-0.25, -0.2) is 13.8 Å². The van der Waals surface area contributed by atoms with Crippen molar-refractivity contribution in [3.63, 3.8) is 0 Å². The third kappa shape index (κ3) is 5.20. The van der Waals surface area contributed by atoms with Crippen LogP contribution in [0.1, 0.15) is 66.6 Å². The first-order chi connectivity index (χ1) is 22.2. The molecule has 246 valence electrons. The lowest BCUT2D eigenvalue weighted by Crippen LogP contribution is -2.69. The van der Waals surface area contributed by atoms with E-state index in [0.717, 1.165) is 50.3 Å². The molecule has 0 spiro atoms. The van der Waals surface area contributed by atoms with Gasteiger partial charge < -0.3 is 24.2 Å². The van der Waals surface area contributed by atoms with Crippen molar-refractivity contribution in [2.45, 2.75) is 69.2 Å². The van der Waals surface area contributed by atoms with E-state index >= 15 is 0 Å². The summed E-state index contributed by atoms with van der Waals surface area (Å²) >= 11 is 0. The number of amides is 1. The molecule has 0 radical (unpaired) electrons. The molecule has 1 amide bonds. The normalized spacial score (nSPS) is 27.4. The van der Waals surface area contributed by atoms with Gasteiger partial charge in [0.1, 0.15) is 11.5 Å². The van der Waals surface area contributed by atoms with E-state index in [-0.39, 0.29) is 29.6 Å². The fourth-order valence-electron chi connectivity index (χ4n) is 8.31. The Bertz CT molecular complexity index is 1520. The molecule has 7 heterocycles. The summed E-state index contributed by atoms with van der Waals surface area (Å²) in [6.07, 6.45) is 6.94. The molecule has 4 fully saturated rings. The Morgan fingerprint density at radius 3 is 2.61 bits per heavy atom. The molecule has 4 atom stereocenters. The molecular weight excluding hydrogens is 590 g/mol. The van der Waals surface area contributed by atoms with Crippen LogP contribution >= 0.6 is 0 Å². The molecule has 0 aliphatic carbocycles. The van der Waals surface area contributed by atoms with Crippen LogP contribution in [0.2, 0.25) is 0 Å². The summed E-state index contributed by atoms with van der Waals surface area (Å²) in [6, 6.07) is 4.70. The van der Waals surface area contributed by atoms with E-state index in [1.165, 1.54) is 17.2 Å². The van der Waals surface area contributed by atoms with Crippen LogP contribution in [-0.2, 0) is 19.9 Å². The first-order valence-corrected chi connectivity index (χ1v) is 16.5. The van der Waals surface area contributed by atoms with Crippen molar-refractivity contribution >= 4 is 23.5 Å². The number of fused-ring (bicyclic) bond motifs is 3. The molecule has 9 nitrogen and oxygen atoms in total. The van der Waals surface area contributed by atoms with Crippen molar-refractivity contribution in [2.75, 3.05) is 69.4 Å². The maximum Gasteiger partial charge on any atom is 0.281 e. The lowest BCUT2D eigenvalue weighted by atomic mass is 9.79. The zero-order chi connectivity index (χ0) is 32.2. The van der Waals surface area contributed by atoms with Crippen LogP contribution in [0, 0.1) is 6.92 Å². The minimum absolute atomic E-state index is 0.0260. The van der Waals surface area contributed by atoms with Crippen molar-refractivity contribution in [2.24, 2.45) is 0 Å². The number of aryl methyl sites for hydroxylation is 1. The number of alkyl halides is 2.